The van der Waals surface area contributed by atoms with Gasteiger partial charge in [0.25, 0.3) is 0 Å². The highest BCUT2D eigenvalue weighted by Gasteiger charge is 2.13. The van der Waals surface area contributed by atoms with Crippen LogP contribution in [-0.2, 0) is 16.0 Å². The third-order valence-electron chi connectivity index (χ3n) is 2.34. The van der Waals surface area contributed by atoms with E-state index >= 15 is 0 Å². The van der Waals surface area contributed by atoms with Crippen molar-refractivity contribution in [1.29, 1.82) is 5.26 Å². The van der Waals surface area contributed by atoms with E-state index in [4.69, 9.17) is 14.7 Å². The zero-order chi connectivity index (χ0) is 11.2. The van der Waals surface area contributed by atoms with Crippen LogP contribution >= 0.6 is 11.3 Å². The lowest BCUT2D eigenvalue weighted by molar-refractivity contribution is -0.0864. The molecule has 0 aromatic carbocycles. The Kier molecular flexibility index (Phi) is 4.31. The van der Waals surface area contributed by atoms with Gasteiger partial charge < -0.3 is 14.8 Å². The molecule has 1 unspecified atom stereocenters. The zero-order valence-electron chi connectivity index (χ0n) is 8.94. The van der Waals surface area contributed by atoms with Gasteiger partial charge in [0.15, 0.2) is 0 Å². The monoisotopic (exact) mass is 238 g/mol. The number of nitrogens with one attached hydrogen (secondary N) is 1. The largest absolute Gasteiger partial charge is 0.376 e. The van der Waals surface area contributed by atoms with Gasteiger partial charge in [0.05, 0.1) is 31.5 Å². The zero-order valence-corrected chi connectivity index (χ0v) is 9.76. The van der Waals surface area contributed by atoms with E-state index in [0.717, 1.165) is 18.7 Å². The van der Waals surface area contributed by atoms with Crippen molar-refractivity contribution in [2.24, 2.45) is 0 Å². The molecule has 1 aliphatic heterocycles. The predicted octanol–water partition coefficient (Wildman–Crippen LogP) is 1.12. The smallest absolute Gasteiger partial charge is 0.100 e. The average Bonchev–Trinajstić information content (AvgIpc) is 2.78. The Morgan fingerprint density at radius 1 is 1.56 bits per heavy atom. The van der Waals surface area contributed by atoms with Crippen molar-refractivity contribution >= 4 is 11.3 Å². The summed E-state index contributed by atoms with van der Waals surface area (Å²) >= 11 is 1.60. The molecule has 2 rings (SSSR count). The number of ether oxygens (including phenoxy) is 2. The fourth-order valence-electron chi connectivity index (χ4n) is 1.54. The second kappa shape index (κ2) is 5.97. The number of rotatable bonds is 4. The SMILES string of the molecule is N#Cc1csc(CNCC2COCCO2)c1. The molecule has 1 atom stereocenters. The minimum absolute atomic E-state index is 0.157. The maximum absolute atomic E-state index is 8.68. The molecule has 0 spiro atoms. The van der Waals surface area contributed by atoms with Crippen LogP contribution in [0.5, 0.6) is 0 Å². The van der Waals surface area contributed by atoms with E-state index in [1.807, 2.05) is 11.4 Å². The van der Waals surface area contributed by atoms with Crippen molar-refractivity contribution < 1.29 is 9.47 Å². The molecule has 2 heterocycles. The lowest BCUT2D eigenvalue weighted by Gasteiger charge is -2.22. The van der Waals surface area contributed by atoms with Gasteiger partial charge in [-0.1, -0.05) is 0 Å². The minimum atomic E-state index is 0.157. The third-order valence-corrected chi connectivity index (χ3v) is 3.28. The van der Waals surface area contributed by atoms with E-state index in [1.54, 1.807) is 11.3 Å². The molecule has 0 bridgehead atoms. The Balaban J connectivity index is 1.69. The molecule has 1 N–H and O–H groups in total. The second-order valence-electron chi connectivity index (χ2n) is 3.61. The molecular formula is C11H14N2O2S. The molecule has 1 aliphatic rings. The Hall–Kier alpha value is -0.930. The molecule has 1 aromatic heterocycles. The molecule has 4 nitrogen and oxygen atoms in total. The van der Waals surface area contributed by atoms with Crippen molar-refractivity contribution in [3.05, 3.63) is 21.9 Å². The Morgan fingerprint density at radius 3 is 3.19 bits per heavy atom. The van der Waals surface area contributed by atoms with Crippen molar-refractivity contribution in [3.63, 3.8) is 0 Å². The molecule has 0 saturated carbocycles. The molecule has 5 heteroatoms. The van der Waals surface area contributed by atoms with Crippen LogP contribution in [0.2, 0.25) is 0 Å². The topological polar surface area (TPSA) is 54.3 Å². The van der Waals surface area contributed by atoms with Gasteiger partial charge in [-0.25, -0.2) is 0 Å². The van der Waals surface area contributed by atoms with Gasteiger partial charge in [-0.15, -0.1) is 11.3 Å². The van der Waals surface area contributed by atoms with Crippen molar-refractivity contribution in [3.8, 4) is 6.07 Å². The maximum atomic E-state index is 8.68. The van der Waals surface area contributed by atoms with E-state index in [1.165, 1.54) is 4.88 Å². The number of hydrogen-bond donors (Lipinski definition) is 1. The first kappa shape index (κ1) is 11.6. The van der Waals surface area contributed by atoms with Crippen LogP contribution in [0.15, 0.2) is 11.4 Å². The van der Waals surface area contributed by atoms with Gasteiger partial charge in [-0.3, -0.25) is 0 Å². The van der Waals surface area contributed by atoms with Gasteiger partial charge >= 0.3 is 0 Å². The Morgan fingerprint density at radius 2 is 2.50 bits per heavy atom. The first-order chi connectivity index (χ1) is 7.88. The van der Waals surface area contributed by atoms with E-state index in [9.17, 15) is 0 Å². The molecule has 0 amide bonds. The quantitative estimate of drug-likeness (QED) is 0.854. The van der Waals surface area contributed by atoms with Crippen LogP contribution in [0, 0.1) is 11.3 Å². The standard InChI is InChI=1S/C11H14N2O2S/c12-4-9-3-11(16-8-9)6-13-5-10-7-14-1-2-15-10/h3,8,10,13H,1-2,5-7H2. The average molecular weight is 238 g/mol. The summed E-state index contributed by atoms with van der Waals surface area (Å²) in [6.07, 6.45) is 0.157. The summed E-state index contributed by atoms with van der Waals surface area (Å²) in [5.41, 5.74) is 0.735. The molecule has 1 aromatic rings. The first-order valence-corrected chi connectivity index (χ1v) is 6.14. The molecule has 16 heavy (non-hydrogen) atoms. The molecule has 0 aliphatic carbocycles. The molecule has 1 saturated heterocycles. The van der Waals surface area contributed by atoms with E-state index in [2.05, 4.69) is 11.4 Å². The number of nitrogens with zero attached hydrogens (tertiary/aromatic N) is 1. The number of nitriles is 1. The van der Waals surface area contributed by atoms with Gasteiger partial charge in [-0.2, -0.15) is 5.26 Å². The Labute approximate surface area is 98.8 Å². The first-order valence-electron chi connectivity index (χ1n) is 5.26. The Bertz CT molecular complexity index is 366. The van der Waals surface area contributed by atoms with Crippen LogP contribution in [-0.4, -0.2) is 32.5 Å². The van der Waals surface area contributed by atoms with Crippen molar-refractivity contribution in [2.75, 3.05) is 26.4 Å². The lowest BCUT2D eigenvalue weighted by atomic mass is 10.3. The van der Waals surface area contributed by atoms with Gasteiger partial charge in [0.2, 0.25) is 0 Å². The summed E-state index contributed by atoms with van der Waals surface area (Å²) in [6.45, 7) is 3.63. The second-order valence-corrected chi connectivity index (χ2v) is 4.61. The van der Waals surface area contributed by atoms with E-state index in [-0.39, 0.29) is 6.10 Å². The molecule has 1 fully saturated rings. The van der Waals surface area contributed by atoms with Crippen LogP contribution in [0.4, 0.5) is 0 Å². The van der Waals surface area contributed by atoms with Gasteiger partial charge in [0, 0.05) is 23.3 Å². The summed E-state index contributed by atoms with van der Waals surface area (Å²) < 4.78 is 10.8. The summed E-state index contributed by atoms with van der Waals surface area (Å²) in [5.74, 6) is 0. The fourth-order valence-corrected chi connectivity index (χ4v) is 2.32. The normalized spacial score (nSPS) is 20.6. The van der Waals surface area contributed by atoms with Crippen LogP contribution in [0.25, 0.3) is 0 Å². The minimum Gasteiger partial charge on any atom is -0.376 e. The fraction of sp³-hybridized carbons (Fsp3) is 0.545. The summed E-state index contributed by atoms with van der Waals surface area (Å²) in [4.78, 5) is 1.17. The van der Waals surface area contributed by atoms with Gasteiger partial charge in [0.1, 0.15) is 6.07 Å². The summed E-state index contributed by atoms with van der Waals surface area (Å²) in [7, 11) is 0. The third kappa shape index (κ3) is 3.29. The van der Waals surface area contributed by atoms with E-state index < -0.39 is 0 Å². The molecule has 0 radical (unpaired) electrons. The molecule has 86 valence electrons. The summed E-state index contributed by atoms with van der Waals surface area (Å²) in [6, 6.07) is 4.04. The molecular weight excluding hydrogens is 224 g/mol. The lowest BCUT2D eigenvalue weighted by Crippen LogP contribution is -2.37. The maximum Gasteiger partial charge on any atom is 0.100 e. The number of thiophene rings is 1. The highest BCUT2D eigenvalue weighted by molar-refractivity contribution is 7.10. The van der Waals surface area contributed by atoms with Crippen LogP contribution in [0.3, 0.4) is 0 Å². The van der Waals surface area contributed by atoms with Crippen LogP contribution < -0.4 is 5.32 Å². The van der Waals surface area contributed by atoms with Crippen LogP contribution in [0.1, 0.15) is 10.4 Å². The highest BCUT2D eigenvalue weighted by atomic mass is 32.1. The summed E-state index contributed by atoms with van der Waals surface area (Å²) in [5, 5.41) is 13.9. The van der Waals surface area contributed by atoms with Crippen molar-refractivity contribution in [1.82, 2.24) is 5.32 Å². The van der Waals surface area contributed by atoms with Gasteiger partial charge in [-0.05, 0) is 6.07 Å². The van der Waals surface area contributed by atoms with Crippen molar-refractivity contribution in [2.45, 2.75) is 12.6 Å². The number of hydrogen-bond acceptors (Lipinski definition) is 5. The predicted molar refractivity (Wildman–Crippen MR) is 61.3 cm³/mol. The highest BCUT2D eigenvalue weighted by Crippen LogP contribution is 2.13. The van der Waals surface area contributed by atoms with E-state index in [0.29, 0.717) is 19.8 Å².